The van der Waals surface area contributed by atoms with Crippen LogP contribution < -0.4 is 4.72 Å². The lowest BCUT2D eigenvalue weighted by Crippen LogP contribution is -2.41. The molecule has 0 amide bonds. The second kappa shape index (κ2) is 5.22. The first-order valence-electron chi connectivity index (χ1n) is 5.93. The van der Waals surface area contributed by atoms with E-state index in [1.807, 2.05) is 12.2 Å². The normalized spacial score (nSPS) is 25.2. The average Bonchev–Trinajstić information content (AvgIpc) is 2.78. The number of aliphatic hydroxyl groups excluding tert-OH is 1. The Morgan fingerprint density at radius 2 is 2.00 bits per heavy atom. The summed E-state index contributed by atoms with van der Waals surface area (Å²) in [6.07, 6.45) is 3.81. The van der Waals surface area contributed by atoms with Crippen molar-refractivity contribution in [3.63, 3.8) is 0 Å². The highest BCUT2D eigenvalue weighted by atomic mass is 32.2. The van der Waals surface area contributed by atoms with Gasteiger partial charge in [-0.3, -0.25) is 0 Å². The first-order chi connectivity index (χ1) is 8.50. The Bertz CT molecular complexity index is 522. The van der Waals surface area contributed by atoms with Gasteiger partial charge < -0.3 is 5.11 Å². The molecule has 1 aliphatic rings. The summed E-state index contributed by atoms with van der Waals surface area (Å²) < 4.78 is 26.9. The van der Waals surface area contributed by atoms with E-state index in [0.29, 0.717) is 6.42 Å². The van der Waals surface area contributed by atoms with E-state index in [4.69, 9.17) is 0 Å². The minimum atomic E-state index is -3.51. The molecule has 0 aliphatic heterocycles. The molecule has 0 radical (unpaired) electrons. The number of rotatable bonds is 4. The van der Waals surface area contributed by atoms with E-state index in [-0.39, 0.29) is 16.9 Å². The van der Waals surface area contributed by atoms with Gasteiger partial charge in [-0.2, -0.15) is 0 Å². The number of aliphatic hydroxyl groups is 1. The van der Waals surface area contributed by atoms with Crippen molar-refractivity contribution in [2.45, 2.75) is 30.4 Å². The minimum absolute atomic E-state index is 0.163. The predicted octanol–water partition coefficient (Wildman–Crippen LogP) is 1.29. The number of hydrogen-bond acceptors (Lipinski definition) is 3. The Labute approximate surface area is 107 Å². The van der Waals surface area contributed by atoms with Crippen molar-refractivity contribution >= 4 is 10.0 Å². The van der Waals surface area contributed by atoms with Gasteiger partial charge >= 0.3 is 0 Å². The van der Waals surface area contributed by atoms with Gasteiger partial charge in [0.1, 0.15) is 0 Å². The molecule has 2 rings (SSSR count). The van der Waals surface area contributed by atoms with Gasteiger partial charge in [-0.25, -0.2) is 13.1 Å². The number of benzene rings is 1. The van der Waals surface area contributed by atoms with E-state index in [1.54, 1.807) is 37.3 Å². The maximum absolute atomic E-state index is 12.1. The zero-order valence-electron chi connectivity index (χ0n) is 10.2. The molecule has 18 heavy (non-hydrogen) atoms. The third-order valence-electron chi connectivity index (χ3n) is 3.13. The van der Waals surface area contributed by atoms with Gasteiger partial charge in [0, 0.05) is 12.0 Å². The summed E-state index contributed by atoms with van der Waals surface area (Å²) in [4.78, 5) is 0.251. The summed E-state index contributed by atoms with van der Waals surface area (Å²) in [5.74, 6) is -0.163. The van der Waals surface area contributed by atoms with Crippen LogP contribution in [0.2, 0.25) is 0 Å². The topological polar surface area (TPSA) is 66.4 Å². The predicted molar refractivity (Wildman–Crippen MR) is 69.5 cm³/mol. The van der Waals surface area contributed by atoms with Crippen LogP contribution in [0.1, 0.15) is 13.3 Å². The summed E-state index contributed by atoms with van der Waals surface area (Å²) in [7, 11) is -3.51. The zero-order valence-corrected chi connectivity index (χ0v) is 11.0. The monoisotopic (exact) mass is 267 g/mol. The molecule has 1 aromatic carbocycles. The Balaban J connectivity index is 2.15. The van der Waals surface area contributed by atoms with Crippen molar-refractivity contribution in [3.05, 3.63) is 42.5 Å². The van der Waals surface area contributed by atoms with E-state index in [2.05, 4.69) is 4.72 Å². The van der Waals surface area contributed by atoms with E-state index in [9.17, 15) is 13.5 Å². The first kappa shape index (κ1) is 13.3. The molecule has 5 heteroatoms. The Morgan fingerprint density at radius 3 is 2.61 bits per heavy atom. The maximum Gasteiger partial charge on any atom is 0.240 e. The van der Waals surface area contributed by atoms with Gasteiger partial charge in [-0.05, 0) is 25.5 Å². The summed E-state index contributed by atoms with van der Waals surface area (Å²) in [6.45, 7) is 1.67. The Hall–Kier alpha value is -1.17. The van der Waals surface area contributed by atoms with Gasteiger partial charge in [0.2, 0.25) is 10.0 Å². The molecule has 0 fully saturated rings. The molecule has 2 N–H and O–H groups in total. The van der Waals surface area contributed by atoms with Crippen LogP contribution in [0.15, 0.2) is 47.4 Å². The van der Waals surface area contributed by atoms with Gasteiger partial charge in [0.05, 0.1) is 11.0 Å². The Morgan fingerprint density at radius 1 is 1.33 bits per heavy atom. The van der Waals surface area contributed by atoms with Crippen molar-refractivity contribution in [1.82, 2.24) is 4.72 Å². The van der Waals surface area contributed by atoms with Crippen LogP contribution in [0.3, 0.4) is 0 Å². The largest absolute Gasteiger partial charge is 0.393 e. The fourth-order valence-electron chi connectivity index (χ4n) is 2.16. The minimum Gasteiger partial charge on any atom is -0.393 e. The molecule has 1 aromatic rings. The lowest BCUT2D eigenvalue weighted by atomic mass is 9.99. The molecule has 0 heterocycles. The lowest BCUT2D eigenvalue weighted by molar-refractivity contribution is 0.136. The lowest BCUT2D eigenvalue weighted by Gasteiger charge is -2.22. The number of nitrogens with one attached hydrogen (secondary N) is 1. The van der Waals surface area contributed by atoms with Crippen molar-refractivity contribution in [3.8, 4) is 0 Å². The third-order valence-corrected chi connectivity index (χ3v) is 4.64. The molecule has 0 aromatic heterocycles. The van der Waals surface area contributed by atoms with Crippen LogP contribution in [0.25, 0.3) is 0 Å². The smallest absolute Gasteiger partial charge is 0.240 e. The molecule has 0 bridgehead atoms. The molecule has 0 saturated carbocycles. The Kier molecular flexibility index (Phi) is 3.85. The fourth-order valence-corrected chi connectivity index (χ4v) is 3.47. The van der Waals surface area contributed by atoms with Crippen molar-refractivity contribution in [1.29, 1.82) is 0 Å². The molecule has 1 aliphatic carbocycles. The zero-order chi connectivity index (χ0) is 13.2. The second-order valence-corrected chi connectivity index (χ2v) is 6.24. The van der Waals surface area contributed by atoms with Gasteiger partial charge in [0.25, 0.3) is 0 Å². The SMILES string of the molecule is CC(O)C1C=CCC1NS(=O)(=O)c1ccccc1. The van der Waals surface area contributed by atoms with Crippen molar-refractivity contribution in [2.24, 2.45) is 5.92 Å². The quantitative estimate of drug-likeness (QED) is 0.808. The molecule has 3 atom stereocenters. The van der Waals surface area contributed by atoms with Gasteiger partial charge in [-0.1, -0.05) is 30.4 Å². The number of hydrogen-bond donors (Lipinski definition) is 2. The standard InChI is InChI=1S/C13H17NO3S/c1-10(15)12-8-5-9-13(12)14-18(16,17)11-6-3-2-4-7-11/h2-8,10,12-15H,9H2,1H3. The molecule has 98 valence electrons. The van der Waals surface area contributed by atoms with Crippen molar-refractivity contribution in [2.75, 3.05) is 0 Å². The van der Waals surface area contributed by atoms with E-state index >= 15 is 0 Å². The van der Waals surface area contributed by atoms with Crippen LogP contribution in [0.5, 0.6) is 0 Å². The molecular formula is C13H17NO3S. The van der Waals surface area contributed by atoms with Crippen LogP contribution in [-0.2, 0) is 10.0 Å². The van der Waals surface area contributed by atoms with Gasteiger partial charge in [0.15, 0.2) is 0 Å². The average molecular weight is 267 g/mol. The highest BCUT2D eigenvalue weighted by Gasteiger charge is 2.30. The van der Waals surface area contributed by atoms with E-state index in [1.165, 1.54) is 0 Å². The molecular weight excluding hydrogens is 250 g/mol. The van der Waals surface area contributed by atoms with E-state index < -0.39 is 16.1 Å². The van der Waals surface area contributed by atoms with Crippen LogP contribution in [0.4, 0.5) is 0 Å². The first-order valence-corrected chi connectivity index (χ1v) is 7.41. The summed E-state index contributed by atoms with van der Waals surface area (Å²) in [5, 5.41) is 9.60. The molecule has 0 saturated heterocycles. The van der Waals surface area contributed by atoms with Crippen molar-refractivity contribution < 1.29 is 13.5 Å². The van der Waals surface area contributed by atoms with Gasteiger partial charge in [-0.15, -0.1) is 0 Å². The summed E-state index contributed by atoms with van der Waals surface area (Å²) >= 11 is 0. The van der Waals surface area contributed by atoms with E-state index in [0.717, 1.165) is 0 Å². The third kappa shape index (κ3) is 2.80. The fraction of sp³-hybridized carbons (Fsp3) is 0.385. The molecule has 3 unspecified atom stereocenters. The second-order valence-electron chi connectivity index (χ2n) is 4.52. The summed E-state index contributed by atoms with van der Waals surface area (Å²) in [6, 6.07) is 8.00. The van der Waals surface area contributed by atoms with Crippen LogP contribution in [-0.4, -0.2) is 25.7 Å². The highest BCUT2D eigenvalue weighted by Crippen LogP contribution is 2.23. The number of sulfonamides is 1. The summed E-state index contributed by atoms with van der Waals surface area (Å²) in [5.41, 5.74) is 0. The molecule has 0 spiro atoms. The maximum atomic E-state index is 12.1. The van der Waals surface area contributed by atoms with Crippen LogP contribution in [0, 0.1) is 5.92 Å². The highest BCUT2D eigenvalue weighted by molar-refractivity contribution is 7.89. The van der Waals surface area contributed by atoms with Crippen LogP contribution >= 0.6 is 0 Å². The molecule has 4 nitrogen and oxygen atoms in total.